The Kier molecular flexibility index (Phi) is 5.02. The molecule has 1 nitrogen and oxygen atoms in total. The monoisotopic (exact) mass is 240 g/mol. The average Bonchev–Trinajstić information content (AvgIpc) is 2.42. The van der Waals surface area contributed by atoms with E-state index in [9.17, 15) is 4.79 Å². The Balaban J connectivity index is 1.71. The molecule has 1 heteroatoms. The summed E-state index contributed by atoms with van der Waals surface area (Å²) in [6.45, 7) is 0. The molecule has 0 aromatic heterocycles. The molecule has 0 radical (unpaired) electrons. The molecule has 0 heterocycles. The van der Waals surface area contributed by atoms with E-state index in [1.165, 1.54) is 12.0 Å². The van der Waals surface area contributed by atoms with Crippen molar-refractivity contribution in [3.05, 3.63) is 35.9 Å². The molecule has 1 aliphatic carbocycles. The zero-order valence-corrected chi connectivity index (χ0v) is 10.8. The maximum absolute atomic E-state index is 11.6. The normalized spacial score (nSPS) is 19.1. The van der Waals surface area contributed by atoms with Crippen LogP contribution in [-0.4, -0.2) is 5.78 Å². The Morgan fingerprint density at radius 2 is 1.94 bits per heavy atom. The first-order valence-electron chi connectivity index (χ1n) is 6.88. The molecule has 0 bridgehead atoms. The largest absolute Gasteiger partial charge is 0.299 e. The maximum atomic E-state index is 11.6. The molecule has 1 unspecified atom stereocenters. The van der Waals surface area contributed by atoms with E-state index in [1.54, 1.807) is 0 Å². The van der Waals surface area contributed by atoms with Crippen LogP contribution in [0.15, 0.2) is 30.3 Å². The fourth-order valence-electron chi connectivity index (χ4n) is 2.41. The Labute approximate surface area is 110 Å². The quantitative estimate of drug-likeness (QED) is 0.735. The minimum atomic E-state index is 0.225. The molecular weight excluding hydrogens is 220 g/mol. The van der Waals surface area contributed by atoms with Crippen molar-refractivity contribution in [3.63, 3.8) is 0 Å². The fourth-order valence-corrected chi connectivity index (χ4v) is 2.41. The second-order valence-corrected chi connectivity index (χ2v) is 4.95. The van der Waals surface area contributed by atoms with E-state index in [-0.39, 0.29) is 5.92 Å². The third-order valence-electron chi connectivity index (χ3n) is 3.54. The van der Waals surface area contributed by atoms with Crippen LogP contribution in [0.5, 0.6) is 0 Å². The molecule has 1 aliphatic rings. The van der Waals surface area contributed by atoms with Gasteiger partial charge in [0.05, 0.1) is 0 Å². The molecule has 18 heavy (non-hydrogen) atoms. The van der Waals surface area contributed by atoms with E-state index in [4.69, 9.17) is 0 Å². The van der Waals surface area contributed by atoms with Gasteiger partial charge < -0.3 is 0 Å². The molecule has 1 atom stereocenters. The zero-order chi connectivity index (χ0) is 12.6. The maximum Gasteiger partial charge on any atom is 0.136 e. The van der Waals surface area contributed by atoms with Crippen LogP contribution in [0.2, 0.25) is 0 Å². The van der Waals surface area contributed by atoms with Gasteiger partial charge in [-0.1, -0.05) is 36.8 Å². The van der Waals surface area contributed by atoms with Gasteiger partial charge in [-0.3, -0.25) is 4.79 Å². The van der Waals surface area contributed by atoms with Gasteiger partial charge in [0.15, 0.2) is 0 Å². The average molecular weight is 240 g/mol. The van der Waals surface area contributed by atoms with Gasteiger partial charge in [0, 0.05) is 25.2 Å². The molecule has 1 saturated carbocycles. The molecule has 0 N–H and O–H groups in total. The van der Waals surface area contributed by atoms with Gasteiger partial charge in [0.25, 0.3) is 0 Å². The molecular formula is C17H20O. The predicted octanol–water partition coefficient (Wildman–Crippen LogP) is 3.77. The van der Waals surface area contributed by atoms with E-state index >= 15 is 0 Å². The van der Waals surface area contributed by atoms with Gasteiger partial charge in [-0.05, 0) is 24.8 Å². The molecule has 1 aromatic rings. The van der Waals surface area contributed by atoms with Crippen molar-refractivity contribution < 1.29 is 4.79 Å². The number of hydrogen-bond donors (Lipinski definition) is 0. The molecule has 1 fully saturated rings. The highest BCUT2D eigenvalue weighted by atomic mass is 16.1. The van der Waals surface area contributed by atoms with Gasteiger partial charge in [-0.25, -0.2) is 0 Å². The molecule has 0 spiro atoms. The van der Waals surface area contributed by atoms with Gasteiger partial charge in [0.1, 0.15) is 5.78 Å². The summed E-state index contributed by atoms with van der Waals surface area (Å²) in [4.78, 5) is 11.6. The molecule has 0 saturated heterocycles. The summed E-state index contributed by atoms with van der Waals surface area (Å²) in [5.74, 6) is 7.04. The molecule has 1 aromatic carbocycles. The number of carbonyl (C=O) groups excluding carboxylic acids is 1. The number of Topliss-reactive ketones (excluding diaryl/α,β-unsaturated/α-hetero) is 1. The topological polar surface area (TPSA) is 17.1 Å². The summed E-state index contributed by atoms with van der Waals surface area (Å²) in [6.07, 6.45) is 6.77. The Hall–Kier alpha value is -1.55. The standard InChI is InChI=1S/C17H20O/c18-17-14-8-7-13-16(17)12-6-2-5-11-15-9-3-1-4-10-15/h1,3-4,9-10,16H,5,7-8,11-14H2. The number of hydrogen-bond acceptors (Lipinski definition) is 1. The molecule has 2 rings (SSSR count). The van der Waals surface area contributed by atoms with Crippen LogP contribution in [0.25, 0.3) is 0 Å². The number of rotatable bonds is 3. The van der Waals surface area contributed by atoms with Crippen LogP contribution in [0, 0.1) is 17.8 Å². The SMILES string of the molecule is O=C1CCCCC1CC#CCCc1ccccc1. The summed E-state index contributed by atoms with van der Waals surface area (Å²) in [5.41, 5.74) is 1.33. The Morgan fingerprint density at radius 1 is 1.11 bits per heavy atom. The van der Waals surface area contributed by atoms with Crippen molar-refractivity contribution in [2.45, 2.75) is 44.9 Å². The van der Waals surface area contributed by atoms with E-state index in [0.29, 0.717) is 5.78 Å². The number of benzene rings is 1. The van der Waals surface area contributed by atoms with E-state index in [2.05, 4.69) is 36.1 Å². The predicted molar refractivity (Wildman–Crippen MR) is 74.1 cm³/mol. The van der Waals surface area contributed by atoms with E-state index < -0.39 is 0 Å². The highest BCUT2D eigenvalue weighted by Gasteiger charge is 2.20. The molecule has 94 valence electrons. The minimum Gasteiger partial charge on any atom is -0.299 e. The summed E-state index contributed by atoms with van der Waals surface area (Å²) in [5, 5.41) is 0. The van der Waals surface area contributed by atoms with Crippen LogP contribution in [-0.2, 0) is 11.2 Å². The zero-order valence-electron chi connectivity index (χ0n) is 10.8. The third-order valence-corrected chi connectivity index (χ3v) is 3.54. The summed E-state index contributed by atoms with van der Waals surface area (Å²) >= 11 is 0. The summed E-state index contributed by atoms with van der Waals surface area (Å²) in [7, 11) is 0. The van der Waals surface area contributed by atoms with E-state index in [1.807, 2.05) is 6.07 Å². The van der Waals surface area contributed by atoms with Crippen LogP contribution in [0.1, 0.15) is 44.1 Å². The van der Waals surface area contributed by atoms with Crippen LogP contribution in [0.3, 0.4) is 0 Å². The van der Waals surface area contributed by atoms with Crippen LogP contribution in [0.4, 0.5) is 0 Å². The number of ketones is 1. The van der Waals surface area contributed by atoms with Crippen molar-refractivity contribution >= 4 is 5.78 Å². The lowest BCUT2D eigenvalue weighted by molar-refractivity contribution is -0.124. The Morgan fingerprint density at radius 3 is 2.72 bits per heavy atom. The van der Waals surface area contributed by atoms with Gasteiger partial charge in [-0.2, -0.15) is 0 Å². The first-order valence-corrected chi connectivity index (χ1v) is 6.88. The fraction of sp³-hybridized carbons (Fsp3) is 0.471. The van der Waals surface area contributed by atoms with E-state index in [0.717, 1.165) is 38.5 Å². The molecule has 0 amide bonds. The van der Waals surface area contributed by atoms with Crippen molar-refractivity contribution in [2.75, 3.05) is 0 Å². The van der Waals surface area contributed by atoms with Crippen LogP contribution < -0.4 is 0 Å². The smallest absolute Gasteiger partial charge is 0.136 e. The lowest BCUT2D eigenvalue weighted by atomic mass is 9.86. The van der Waals surface area contributed by atoms with Crippen LogP contribution >= 0.6 is 0 Å². The summed E-state index contributed by atoms with van der Waals surface area (Å²) in [6, 6.07) is 10.4. The highest BCUT2D eigenvalue weighted by Crippen LogP contribution is 2.22. The van der Waals surface area contributed by atoms with Crippen molar-refractivity contribution in [2.24, 2.45) is 5.92 Å². The lowest BCUT2D eigenvalue weighted by Gasteiger charge is -2.17. The minimum absolute atomic E-state index is 0.225. The number of aryl methyl sites for hydroxylation is 1. The van der Waals surface area contributed by atoms with Crippen molar-refractivity contribution in [1.29, 1.82) is 0 Å². The van der Waals surface area contributed by atoms with Gasteiger partial charge in [-0.15, -0.1) is 11.8 Å². The number of carbonyl (C=O) groups is 1. The highest BCUT2D eigenvalue weighted by molar-refractivity contribution is 5.81. The Bertz CT molecular complexity index is 436. The van der Waals surface area contributed by atoms with Gasteiger partial charge in [0.2, 0.25) is 0 Å². The second kappa shape index (κ2) is 7.01. The first-order chi connectivity index (χ1) is 8.86. The van der Waals surface area contributed by atoms with Crippen molar-refractivity contribution in [3.8, 4) is 11.8 Å². The summed E-state index contributed by atoms with van der Waals surface area (Å²) < 4.78 is 0. The second-order valence-electron chi connectivity index (χ2n) is 4.95. The molecule has 0 aliphatic heterocycles. The first kappa shape index (κ1) is 12.9. The van der Waals surface area contributed by atoms with Gasteiger partial charge >= 0.3 is 0 Å². The van der Waals surface area contributed by atoms with Crippen molar-refractivity contribution in [1.82, 2.24) is 0 Å². The third kappa shape index (κ3) is 4.04. The lowest BCUT2D eigenvalue weighted by Crippen LogP contribution is -2.18.